The van der Waals surface area contributed by atoms with E-state index in [0.717, 1.165) is 17.5 Å². The minimum Gasteiger partial charge on any atom is -0.389 e. The summed E-state index contributed by atoms with van der Waals surface area (Å²) in [5.41, 5.74) is 0.896. The molecular formula is C14H21NO2. The van der Waals surface area contributed by atoms with Gasteiger partial charge in [0.25, 0.3) is 5.91 Å². The van der Waals surface area contributed by atoms with Crippen LogP contribution in [0, 0.1) is 0 Å². The molecule has 3 heteroatoms. The van der Waals surface area contributed by atoms with Gasteiger partial charge in [0.15, 0.2) is 0 Å². The van der Waals surface area contributed by atoms with Crippen LogP contribution in [0.4, 0.5) is 0 Å². The second-order valence-electron chi connectivity index (χ2n) is 4.98. The van der Waals surface area contributed by atoms with Crippen molar-refractivity contribution in [3.8, 4) is 0 Å². The number of carbonyl (C=O) groups is 1. The zero-order chi connectivity index (χ0) is 13.1. The third-order valence-electron chi connectivity index (χ3n) is 2.60. The molecule has 0 aromatic heterocycles. The third kappa shape index (κ3) is 3.86. The van der Waals surface area contributed by atoms with Crippen LogP contribution in [0.1, 0.15) is 36.7 Å². The molecule has 1 N–H and O–H groups in total. The highest BCUT2D eigenvalue weighted by Crippen LogP contribution is 2.13. The standard InChI is InChI=1S/C14H21NO2/c1-5-11-8-6-7-9-12(11)13(16)15(4)10-14(2,3)17/h6-9,17H,5,10H2,1-4H3. The van der Waals surface area contributed by atoms with E-state index >= 15 is 0 Å². The first kappa shape index (κ1) is 13.7. The summed E-state index contributed by atoms with van der Waals surface area (Å²) in [6, 6.07) is 7.60. The Kier molecular flexibility index (Phi) is 4.29. The lowest BCUT2D eigenvalue weighted by molar-refractivity contribution is 0.0367. The summed E-state index contributed by atoms with van der Waals surface area (Å²) in [6.07, 6.45) is 0.832. The molecule has 1 aromatic rings. The van der Waals surface area contributed by atoms with Gasteiger partial charge >= 0.3 is 0 Å². The number of aryl methyl sites for hydroxylation is 1. The van der Waals surface area contributed by atoms with Gasteiger partial charge < -0.3 is 10.0 Å². The molecule has 0 bridgehead atoms. The fourth-order valence-electron chi connectivity index (χ4n) is 1.90. The lowest BCUT2D eigenvalue weighted by atomic mass is 10.0. The van der Waals surface area contributed by atoms with Crippen molar-refractivity contribution in [1.29, 1.82) is 0 Å². The number of hydrogen-bond donors (Lipinski definition) is 1. The minimum atomic E-state index is -0.869. The maximum Gasteiger partial charge on any atom is 0.253 e. The number of amides is 1. The van der Waals surface area contributed by atoms with Crippen molar-refractivity contribution in [3.63, 3.8) is 0 Å². The molecule has 0 atom stereocenters. The molecule has 0 aliphatic heterocycles. The van der Waals surface area contributed by atoms with E-state index in [1.54, 1.807) is 25.8 Å². The highest BCUT2D eigenvalue weighted by atomic mass is 16.3. The molecule has 17 heavy (non-hydrogen) atoms. The lowest BCUT2D eigenvalue weighted by Crippen LogP contribution is -2.40. The van der Waals surface area contributed by atoms with Crippen LogP contribution in [0.3, 0.4) is 0 Å². The van der Waals surface area contributed by atoms with Crippen LogP contribution < -0.4 is 0 Å². The summed E-state index contributed by atoms with van der Waals surface area (Å²) in [4.78, 5) is 13.8. The monoisotopic (exact) mass is 235 g/mol. The maximum absolute atomic E-state index is 12.2. The van der Waals surface area contributed by atoms with E-state index in [2.05, 4.69) is 0 Å². The Morgan fingerprint density at radius 3 is 2.47 bits per heavy atom. The Morgan fingerprint density at radius 1 is 1.35 bits per heavy atom. The van der Waals surface area contributed by atoms with Crippen LogP contribution in [0.15, 0.2) is 24.3 Å². The fraction of sp³-hybridized carbons (Fsp3) is 0.500. The first-order valence-corrected chi connectivity index (χ1v) is 5.91. The summed E-state index contributed by atoms with van der Waals surface area (Å²) in [5.74, 6) is -0.0374. The second kappa shape index (κ2) is 5.32. The molecule has 0 radical (unpaired) electrons. The third-order valence-corrected chi connectivity index (χ3v) is 2.60. The molecule has 94 valence electrons. The molecule has 1 rings (SSSR count). The van der Waals surface area contributed by atoms with Crippen molar-refractivity contribution in [1.82, 2.24) is 4.90 Å². The van der Waals surface area contributed by atoms with Crippen molar-refractivity contribution >= 4 is 5.91 Å². The number of rotatable bonds is 4. The normalized spacial score (nSPS) is 11.4. The smallest absolute Gasteiger partial charge is 0.253 e. The average molecular weight is 235 g/mol. The summed E-state index contributed by atoms with van der Waals surface area (Å²) in [7, 11) is 1.72. The molecular weight excluding hydrogens is 214 g/mol. The van der Waals surface area contributed by atoms with Gasteiger partial charge in [0.2, 0.25) is 0 Å². The van der Waals surface area contributed by atoms with Gasteiger partial charge in [0, 0.05) is 19.2 Å². The van der Waals surface area contributed by atoms with Gasteiger partial charge in [-0.05, 0) is 31.9 Å². The highest BCUT2D eigenvalue weighted by Gasteiger charge is 2.21. The average Bonchev–Trinajstić information content (AvgIpc) is 2.25. The predicted octanol–water partition coefficient (Wildman–Crippen LogP) is 2.09. The lowest BCUT2D eigenvalue weighted by Gasteiger charge is -2.26. The van der Waals surface area contributed by atoms with Crippen LogP contribution in [0.2, 0.25) is 0 Å². The van der Waals surface area contributed by atoms with Crippen LogP contribution in [-0.4, -0.2) is 35.1 Å². The van der Waals surface area contributed by atoms with E-state index < -0.39 is 5.60 Å². The minimum absolute atomic E-state index is 0.0374. The van der Waals surface area contributed by atoms with Crippen molar-refractivity contribution in [3.05, 3.63) is 35.4 Å². The van der Waals surface area contributed by atoms with Crippen LogP contribution in [-0.2, 0) is 6.42 Å². The van der Waals surface area contributed by atoms with Gasteiger partial charge in [-0.25, -0.2) is 0 Å². The number of aliphatic hydroxyl groups is 1. The Bertz CT molecular complexity index is 393. The maximum atomic E-state index is 12.2. The van der Waals surface area contributed by atoms with Crippen molar-refractivity contribution in [2.45, 2.75) is 32.8 Å². The molecule has 0 spiro atoms. The van der Waals surface area contributed by atoms with E-state index in [0.29, 0.717) is 6.54 Å². The van der Waals surface area contributed by atoms with Gasteiger partial charge in [-0.1, -0.05) is 25.1 Å². The SMILES string of the molecule is CCc1ccccc1C(=O)N(C)CC(C)(C)O. The van der Waals surface area contributed by atoms with E-state index in [4.69, 9.17) is 0 Å². The summed E-state index contributed by atoms with van der Waals surface area (Å²) in [5, 5.41) is 9.72. The molecule has 0 saturated heterocycles. The number of carbonyl (C=O) groups excluding carboxylic acids is 1. The number of nitrogens with zero attached hydrogens (tertiary/aromatic N) is 1. The van der Waals surface area contributed by atoms with E-state index in [-0.39, 0.29) is 5.91 Å². The van der Waals surface area contributed by atoms with Gasteiger partial charge in [-0.3, -0.25) is 4.79 Å². The highest BCUT2D eigenvalue weighted by molar-refractivity contribution is 5.95. The molecule has 3 nitrogen and oxygen atoms in total. The predicted molar refractivity (Wildman–Crippen MR) is 69.1 cm³/mol. The number of benzene rings is 1. The molecule has 0 saturated carbocycles. The topological polar surface area (TPSA) is 40.5 Å². The van der Waals surface area contributed by atoms with Gasteiger partial charge in [0.05, 0.1) is 5.60 Å². The molecule has 1 aromatic carbocycles. The van der Waals surface area contributed by atoms with Crippen LogP contribution in [0.5, 0.6) is 0 Å². The van der Waals surface area contributed by atoms with E-state index in [9.17, 15) is 9.90 Å². The molecule has 0 fully saturated rings. The van der Waals surface area contributed by atoms with Gasteiger partial charge in [0.1, 0.15) is 0 Å². The Labute approximate surface area is 103 Å². The van der Waals surface area contributed by atoms with Gasteiger partial charge in [-0.2, -0.15) is 0 Å². The Morgan fingerprint density at radius 2 is 1.94 bits per heavy atom. The molecule has 0 heterocycles. The van der Waals surface area contributed by atoms with Crippen molar-refractivity contribution in [2.24, 2.45) is 0 Å². The quantitative estimate of drug-likeness (QED) is 0.868. The Hall–Kier alpha value is -1.35. The number of likely N-dealkylation sites (N-methyl/N-ethyl adjacent to an activating group) is 1. The first-order chi connectivity index (χ1) is 7.85. The summed E-state index contributed by atoms with van der Waals surface area (Å²) < 4.78 is 0. The number of hydrogen-bond acceptors (Lipinski definition) is 2. The van der Waals surface area contributed by atoms with Crippen molar-refractivity contribution in [2.75, 3.05) is 13.6 Å². The second-order valence-corrected chi connectivity index (χ2v) is 4.98. The van der Waals surface area contributed by atoms with E-state index in [1.807, 2.05) is 31.2 Å². The molecule has 0 unspecified atom stereocenters. The van der Waals surface area contributed by atoms with Crippen molar-refractivity contribution < 1.29 is 9.90 Å². The fourth-order valence-corrected chi connectivity index (χ4v) is 1.90. The zero-order valence-electron chi connectivity index (χ0n) is 11.0. The molecule has 1 amide bonds. The zero-order valence-corrected chi connectivity index (χ0v) is 11.0. The van der Waals surface area contributed by atoms with Crippen LogP contribution in [0.25, 0.3) is 0 Å². The van der Waals surface area contributed by atoms with Crippen LogP contribution >= 0.6 is 0 Å². The molecule has 0 aliphatic rings. The van der Waals surface area contributed by atoms with Gasteiger partial charge in [-0.15, -0.1) is 0 Å². The summed E-state index contributed by atoms with van der Waals surface area (Å²) in [6.45, 7) is 5.75. The summed E-state index contributed by atoms with van der Waals surface area (Å²) >= 11 is 0. The van der Waals surface area contributed by atoms with E-state index in [1.165, 1.54) is 0 Å². The molecule has 0 aliphatic carbocycles. The largest absolute Gasteiger partial charge is 0.389 e. The first-order valence-electron chi connectivity index (χ1n) is 5.91. The Balaban J connectivity index is 2.89.